The molecule has 2 saturated heterocycles. The molecule has 128 valence electrons. The van der Waals surface area contributed by atoms with Crippen molar-refractivity contribution in [2.75, 3.05) is 26.2 Å². The van der Waals surface area contributed by atoms with Crippen molar-refractivity contribution in [2.24, 2.45) is 5.41 Å². The molecule has 1 spiro atoms. The third-order valence-corrected chi connectivity index (χ3v) is 6.11. The number of nitrogens with one attached hydrogen (secondary N) is 1. The summed E-state index contributed by atoms with van der Waals surface area (Å²) in [5.74, 6) is -0.207. The second-order valence-electron chi connectivity index (χ2n) is 8.52. The van der Waals surface area contributed by atoms with Crippen LogP contribution < -0.4 is 5.32 Å². The lowest BCUT2D eigenvalue weighted by molar-refractivity contribution is -0.166. The van der Waals surface area contributed by atoms with E-state index in [1.807, 2.05) is 17.0 Å². The summed E-state index contributed by atoms with van der Waals surface area (Å²) in [4.78, 5) is 16.4. The summed E-state index contributed by atoms with van der Waals surface area (Å²) in [5.41, 5.74) is 0.142. The van der Waals surface area contributed by atoms with E-state index in [2.05, 4.69) is 10.2 Å². The smallest absolute Gasteiger partial charge is 0.317 e. The number of hydrogen-bond donors (Lipinski definition) is 1. The molecule has 0 atom stereocenters. The average molecular weight is 333 g/mol. The van der Waals surface area contributed by atoms with Gasteiger partial charge in [0.2, 0.25) is 0 Å². The Morgan fingerprint density at radius 1 is 1.08 bits per heavy atom. The number of nitrogens with zero attached hydrogens (tertiary/aromatic N) is 2. The fraction of sp³-hybridized carbons (Fsp3) is 0.611. The SMILES string of the molecule is O=C(NC12CC(F)(C1)C2)N1CC2(CN(Cc3ccc(F)cc3)C2)C1. The maximum Gasteiger partial charge on any atom is 0.317 e. The van der Waals surface area contributed by atoms with Gasteiger partial charge in [0.05, 0.1) is 5.54 Å². The first kappa shape index (κ1) is 14.6. The first-order valence-corrected chi connectivity index (χ1v) is 8.60. The van der Waals surface area contributed by atoms with Crippen molar-refractivity contribution in [1.82, 2.24) is 15.1 Å². The predicted molar refractivity (Wildman–Crippen MR) is 84.6 cm³/mol. The van der Waals surface area contributed by atoms with Gasteiger partial charge in [-0.15, -0.1) is 0 Å². The summed E-state index contributed by atoms with van der Waals surface area (Å²) in [6.07, 6.45) is 1.49. The van der Waals surface area contributed by atoms with Crippen LogP contribution in [-0.4, -0.2) is 53.2 Å². The van der Waals surface area contributed by atoms with Gasteiger partial charge in [-0.05, 0) is 17.7 Å². The van der Waals surface area contributed by atoms with E-state index in [1.165, 1.54) is 12.1 Å². The van der Waals surface area contributed by atoms with Crippen LogP contribution in [0.5, 0.6) is 0 Å². The van der Waals surface area contributed by atoms with Gasteiger partial charge in [-0.3, -0.25) is 4.90 Å². The van der Waals surface area contributed by atoms with Gasteiger partial charge in [0.15, 0.2) is 0 Å². The van der Waals surface area contributed by atoms with E-state index in [0.717, 1.165) is 38.3 Å². The number of halogens is 2. The average Bonchev–Trinajstić information content (AvgIpc) is 2.39. The Hall–Kier alpha value is -1.69. The van der Waals surface area contributed by atoms with Crippen molar-refractivity contribution in [3.63, 3.8) is 0 Å². The zero-order valence-electron chi connectivity index (χ0n) is 13.5. The zero-order valence-corrected chi connectivity index (χ0v) is 13.5. The van der Waals surface area contributed by atoms with Gasteiger partial charge in [0, 0.05) is 57.4 Å². The molecule has 4 nitrogen and oxygen atoms in total. The van der Waals surface area contributed by atoms with E-state index >= 15 is 0 Å². The predicted octanol–water partition coefficient (Wildman–Crippen LogP) is 2.30. The summed E-state index contributed by atoms with van der Waals surface area (Å²) in [7, 11) is 0. The summed E-state index contributed by atoms with van der Waals surface area (Å²) in [6, 6.07) is 6.60. The number of benzene rings is 1. The third-order valence-electron chi connectivity index (χ3n) is 6.11. The molecule has 1 aromatic carbocycles. The monoisotopic (exact) mass is 333 g/mol. The van der Waals surface area contributed by atoms with Crippen molar-refractivity contribution in [1.29, 1.82) is 0 Å². The Balaban J connectivity index is 1.08. The lowest BCUT2D eigenvalue weighted by atomic mass is 9.47. The van der Waals surface area contributed by atoms with Gasteiger partial charge in [0.1, 0.15) is 11.5 Å². The van der Waals surface area contributed by atoms with Crippen LogP contribution in [0.25, 0.3) is 0 Å². The number of hydrogen-bond acceptors (Lipinski definition) is 2. The molecule has 2 amide bonds. The first-order chi connectivity index (χ1) is 11.4. The Morgan fingerprint density at radius 3 is 2.29 bits per heavy atom. The maximum atomic E-state index is 13.5. The highest BCUT2D eigenvalue weighted by Gasteiger charge is 2.70. The lowest BCUT2D eigenvalue weighted by Crippen LogP contribution is -2.80. The van der Waals surface area contributed by atoms with Crippen LogP contribution in [0.2, 0.25) is 0 Å². The van der Waals surface area contributed by atoms with E-state index < -0.39 is 5.67 Å². The van der Waals surface area contributed by atoms with Crippen molar-refractivity contribution in [3.8, 4) is 0 Å². The Labute approximate surface area is 139 Å². The number of urea groups is 1. The summed E-state index contributed by atoms with van der Waals surface area (Å²) < 4.78 is 26.4. The minimum absolute atomic E-state index is 0.0284. The Bertz CT molecular complexity index is 671. The normalized spacial score (nSPS) is 35.5. The van der Waals surface area contributed by atoms with Crippen molar-refractivity contribution >= 4 is 6.03 Å². The number of carbonyl (C=O) groups excluding carboxylic acids is 1. The number of rotatable bonds is 3. The van der Waals surface area contributed by atoms with E-state index in [0.29, 0.717) is 19.3 Å². The van der Waals surface area contributed by atoms with Crippen LogP contribution >= 0.6 is 0 Å². The molecule has 3 saturated carbocycles. The first-order valence-electron chi connectivity index (χ1n) is 8.60. The minimum Gasteiger partial charge on any atom is -0.332 e. The van der Waals surface area contributed by atoms with Crippen LogP contribution in [0.1, 0.15) is 24.8 Å². The Kier molecular flexibility index (Phi) is 2.73. The molecule has 3 aliphatic carbocycles. The van der Waals surface area contributed by atoms with Crippen LogP contribution in [0.4, 0.5) is 13.6 Å². The van der Waals surface area contributed by atoms with Gasteiger partial charge in [-0.2, -0.15) is 0 Å². The molecule has 2 heterocycles. The molecule has 5 aliphatic rings. The van der Waals surface area contributed by atoms with E-state index in [-0.39, 0.29) is 22.8 Å². The highest BCUT2D eigenvalue weighted by molar-refractivity contribution is 5.77. The molecule has 1 N–H and O–H groups in total. The van der Waals surface area contributed by atoms with E-state index in [1.54, 1.807) is 0 Å². The fourth-order valence-electron chi connectivity index (χ4n) is 5.07. The molecule has 5 fully saturated rings. The van der Waals surface area contributed by atoms with Gasteiger partial charge >= 0.3 is 6.03 Å². The van der Waals surface area contributed by atoms with Crippen LogP contribution in [-0.2, 0) is 6.54 Å². The largest absolute Gasteiger partial charge is 0.332 e. The molecule has 0 aromatic heterocycles. The summed E-state index contributed by atoms with van der Waals surface area (Å²) >= 11 is 0. The van der Waals surface area contributed by atoms with Crippen molar-refractivity contribution in [2.45, 2.75) is 37.0 Å². The van der Waals surface area contributed by atoms with Crippen LogP contribution in [0.3, 0.4) is 0 Å². The third kappa shape index (κ3) is 2.15. The van der Waals surface area contributed by atoms with Gasteiger partial charge < -0.3 is 10.2 Å². The molecular weight excluding hydrogens is 312 g/mol. The fourth-order valence-corrected chi connectivity index (χ4v) is 5.07. The number of likely N-dealkylation sites (tertiary alicyclic amines) is 2. The lowest BCUT2D eigenvalue weighted by Gasteiger charge is -2.66. The number of amides is 2. The highest BCUT2D eigenvalue weighted by Crippen LogP contribution is 2.63. The molecule has 0 radical (unpaired) electrons. The van der Waals surface area contributed by atoms with Crippen LogP contribution in [0.15, 0.2) is 24.3 Å². The van der Waals surface area contributed by atoms with Gasteiger partial charge in [-0.1, -0.05) is 12.1 Å². The number of alkyl halides is 1. The molecular formula is C18H21F2N3O. The van der Waals surface area contributed by atoms with E-state index in [9.17, 15) is 13.6 Å². The van der Waals surface area contributed by atoms with Crippen molar-refractivity contribution < 1.29 is 13.6 Å². The molecule has 1 aromatic rings. The molecule has 2 bridgehead atoms. The van der Waals surface area contributed by atoms with Gasteiger partial charge in [-0.25, -0.2) is 13.6 Å². The van der Waals surface area contributed by atoms with Crippen LogP contribution in [0, 0.1) is 11.2 Å². The zero-order chi connectivity index (χ0) is 16.6. The highest BCUT2D eigenvalue weighted by atomic mass is 19.1. The van der Waals surface area contributed by atoms with Gasteiger partial charge in [0.25, 0.3) is 0 Å². The maximum absolute atomic E-state index is 13.5. The molecule has 0 unspecified atom stereocenters. The Morgan fingerprint density at radius 2 is 1.71 bits per heavy atom. The molecule has 2 aliphatic heterocycles. The van der Waals surface area contributed by atoms with Crippen molar-refractivity contribution in [3.05, 3.63) is 35.6 Å². The topological polar surface area (TPSA) is 35.6 Å². The minimum atomic E-state index is -0.974. The quantitative estimate of drug-likeness (QED) is 0.921. The summed E-state index contributed by atoms with van der Waals surface area (Å²) in [5, 5.41) is 3.03. The number of carbonyl (C=O) groups is 1. The second kappa shape index (κ2) is 4.48. The second-order valence-corrected chi connectivity index (χ2v) is 8.52. The molecule has 6 heteroatoms. The standard InChI is InChI=1S/C18H21F2N3O/c19-14-3-1-13(2-4-14)5-22-9-16(10-22)11-23(12-16)15(24)21-18-6-17(20,7-18)8-18/h1-4H,5-12H2,(H,21,24). The molecule has 24 heavy (non-hydrogen) atoms. The molecule has 6 rings (SSSR count). The summed E-state index contributed by atoms with van der Waals surface area (Å²) in [6.45, 7) is 4.36. The van der Waals surface area contributed by atoms with E-state index in [4.69, 9.17) is 0 Å².